The molecule has 0 fully saturated rings. The maximum Gasteiger partial charge on any atom is 0.224 e. The Labute approximate surface area is 125 Å². The molecule has 2 nitrogen and oxygen atoms in total. The third-order valence-electron chi connectivity index (χ3n) is 2.80. The number of rotatable bonds is 5. The Morgan fingerprint density at radius 3 is 2.63 bits per heavy atom. The smallest absolute Gasteiger partial charge is 0.224 e. The van der Waals surface area contributed by atoms with Gasteiger partial charge >= 0.3 is 0 Å². The van der Waals surface area contributed by atoms with Crippen molar-refractivity contribution in [3.8, 4) is 0 Å². The fourth-order valence-electron chi connectivity index (χ4n) is 2.03. The van der Waals surface area contributed by atoms with Gasteiger partial charge in [0.15, 0.2) is 0 Å². The van der Waals surface area contributed by atoms with Gasteiger partial charge in [-0.25, -0.2) is 0 Å². The van der Waals surface area contributed by atoms with Crippen LogP contribution in [0.15, 0.2) is 24.3 Å². The average Bonchev–Trinajstić information content (AvgIpc) is 2.24. The van der Waals surface area contributed by atoms with Crippen LogP contribution in [0.25, 0.3) is 0 Å². The first-order valence-electron chi connectivity index (χ1n) is 6.72. The van der Waals surface area contributed by atoms with Crippen molar-refractivity contribution in [2.75, 3.05) is 6.54 Å². The lowest BCUT2D eigenvalue weighted by molar-refractivity contribution is -0.120. The molecule has 1 atom stereocenters. The summed E-state index contributed by atoms with van der Waals surface area (Å²) in [6.07, 6.45) is 1.49. The van der Waals surface area contributed by atoms with Crippen LogP contribution < -0.4 is 5.32 Å². The second-order valence-electron chi connectivity index (χ2n) is 6.33. The van der Waals surface area contributed by atoms with Crippen LogP contribution in [-0.4, -0.2) is 17.3 Å². The largest absolute Gasteiger partial charge is 0.355 e. The third-order valence-corrected chi connectivity index (χ3v) is 3.45. The van der Waals surface area contributed by atoms with Gasteiger partial charge in [0.1, 0.15) is 0 Å². The van der Waals surface area contributed by atoms with Gasteiger partial charge in [0.05, 0.1) is 6.42 Å². The Morgan fingerprint density at radius 2 is 2.05 bits per heavy atom. The van der Waals surface area contributed by atoms with E-state index in [1.54, 1.807) is 0 Å². The predicted molar refractivity (Wildman–Crippen MR) is 84.7 cm³/mol. The monoisotopic (exact) mass is 325 g/mol. The first kappa shape index (κ1) is 16.2. The number of alkyl halides is 1. The Balaban J connectivity index is 2.36. The molecule has 0 saturated carbocycles. The summed E-state index contributed by atoms with van der Waals surface area (Å²) in [6.45, 7) is 9.34. The van der Waals surface area contributed by atoms with Crippen molar-refractivity contribution in [1.29, 1.82) is 0 Å². The molecule has 0 aliphatic carbocycles. The van der Waals surface area contributed by atoms with Gasteiger partial charge < -0.3 is 5.32 Å². The zero-order valence-corrected chi connectivity index (χ0v) is 13.9. The normalized spacial score (nSPS) is 13.1. The highest BCUT2D eigenvalue weighted by molar-refractivity contribution is 9.09. The fraction of sp³-hybridized carbons (Fsp3) is 0.562. The van der Waals surface area contributed by atoms with E-state index in [9.17, 15) is 4.79 Å². The van der Waals surface area contributed by atoms with Gasteiger partial charge in [0.2, 0.25) is 5.91 Å². The van der Waals surface area contributed by atoms with Crippen LogP contribution in [0, 0.1) is 12.3 Å². The van der Waals surface area contributed by atoms with Gasteiger partial charge in [0.25, 0.3) is 0 Å². The van der Waals surface area contributed by atoms with E-state index in [0.717, 1.165) is 12.0 Å². The minimum Gasteiger partial charge on any atom is -0.355 e. The molecule has 0 heterocycles. The zero-order chi connectivity index (χ0) is 14.5. The fourth-order valence-corrected chi connectivity index (χ4v) is 3.16. The summed E-state index contributed by atoms with van der Waals surface area (Å²) < 4.78 is 0. The minimum atomic E-state index is 0.0870. The minimum absolute atomic E-state index is 0.0870. The van der Waals surface area contributed by atoms with E-state index < -0.39 is 0 Å². The van der Waals surface area contributed by atoms with Gasteiger partial charge in [-0.05, 0) is 24.3 Å². The van der Waals surface area contributed by atoms with Crippen LogP contribution in [0.1, 0.15) is 38.3 Å². The molecule has 0 aliphatic heterocycles. The molecule has 0 radical (unpaired) electrons. The van der Waals surface area contributed by atoms with Crippen LogP contribution >= 0.6 is 15.9 Å². The Hall–Kier alpha value is -0.830. The lowest BCUT2D eigenvalue weighted by atomic mass is 9.90. The van der Waals surface area contributed by atoms with Crippen LogP contribution in [-0.2, 0) is 11.2 Å². The van der Waals surface area contributed by atoms with Crippen molar-refractivity contribution >= 4 is 21.8 Å². The zero-order valence-electron chi connectivity index (χ0n) is 12.3. The SMILES string of the molecule is Cc1cccc(CC(=O)NCC(Br)CC(C)(C)C)c1. The van der Waals surface area contributed by atoms with Crippen molar-refractivity contribution in [1.82, 2.24) is 5.32 Å². The maximum absolute atomic E-state index is 11.9. The Morgan fingerprint density at radius 1 is 1.37 bits per heavy atom. The highest BCUT2D eigenvalue weighted by atomic mass is 79.9. The number of nitrogens with one attached hydrogen (secondary N) is 1. The number of aryl methyl sites for hydroxylation is 1. The van der Waals surface area contributed by atoms with Gasteiger partial charge in [-0.2, -0.15) is 0 Å². The van der Waals surface area contributed by atoms with Gasteiger partial charge in [-0.3, -0.25) is 4.79 Å². The summed E-state index contributed by atoms with van der Waals surface area (Å²) in [7, 11) is 0. The summed E-state index contributed by atoms with van der Waals surface area (Å²) in [5.74, 6) is 0.0870. The van der Waals surface area contributed by atoms with Crippen molar-refractivity contribution in [3.63, 3.8) is 0 Å². The molecule has 0 saturated heterocycles. The Kier molecular flexibility index (Phi) is 6.05. The molecule has 19 heavy (non-hydrogen) atoms. The van der Waals surface area contributed by atoms with Gasteiger partial charge in [0, 0.05) is 11.4 Å². The number of amides is 1. The Bertz CT molecular complexity index is 423. The molecular formula is C16H24BrNO. The van der Waals surface area contributed by atoms with Crippen molar-refractivity contribution in [2.24, 2.45) is 5.41 Å². The quantitative estimate of drug-likeness (QED) is 0.818. The highest BCUT2D eigenvalue weighted by Crippen LogP contribution is 2.24. The molecule has 1 N–H and O–H groups in total. The van der Waals surface area contributed by atoms with E-state index in [-0.39, 0.29) is 11.3 Å². The molecule has 1 unspecified atom stereocenters. The van der Waals surface area contributed by atoms with Crippen LogP contribution in [0.4, 0.5) is 0 Å². The lowest BCUT2D eigenvalue weighted by Gasteiger charge is -2.22. The molecule has 1 amide bonds. The summed E-state index contributed by atoms with van der Waals surface area (Å²) in [5.41, 5.74) is 2.53. The third kappa shape index (κ3) is 7.36. The summed E-state index contributed by atoms with van der Waals surface area (Å²) in [6, 6.07) is 8.08. The van der Waals surface area contributed by atoms with Crippen LogP contribution in [0.3, 0.4) is 0 Å². The number of halogens is 1. The van der Waals surface area contributed by atoms with Crippen LogP contribution in [0.5, 0.6) is 0 Å². The molecule has 0 aliphatic rings. The summed E-state index contributed by atoms with van der Waals surface area (Å²) >= 11 is 3.62. The van der Waals surface area contributed by atoms with Crippen molar-refractivity contribution < 1.29 is 4.79 Å². The molecule has 3 heteroatoms. The van der Waals surface area contributed by atoms with E-state index >= 15 is 0 Å². The maximum atomic E-state index is 11.9. The predicted octanol–water partition coefficient (Wildman–Crippen LogP) is 3.85. The number of carbonyl (C=O) groups excluding carboxylic acids is 1. The van der Waals surface area contributed by atoms with E-state index in [2.05, 4.69) is 48.1 Å². The number of hydrogen-bond donors (Lipinski definition) is 1. The molecule has 1 rings (SSSR count). The first-order valence-corrected chi connectivity index (χ1v) is 7.64. The van der Waals surface area contributed by atoms with Crippen LogP contribution in [0.2, 0.25) is 0 Å². The molecule has 1 aromatic carbocycles. The second kappa shape index (κ2) is 7.09. The first-order chi connectivity index (χ1) is 8.76. The van der Waals surface area contributed by atoms with E-state index in [1.165, 1.54) is 5.56 Å². The van der Waals surface area contributed by atoms with E-state index in [1.807, 2.05) is 25.1 Å². The number of carbonyl (C=O) groups is 1. The molecule has 1 aromatic rings. The molecule has 0 bridgehead atoms. The molecule has 106 valence electrons. The summed E-state index contributed by atoms with van der Waals surface area (Å²) in [5, 5.41) is 2.99. The van der Waals surface area contributed by atoms with Crippen molar-refractivity contribution in [2.45, 2.75) is 45.4 Å². The summed E-state index contributed by atoms with van der Waals surface area (Å²) in [4.78, 5) is 12.2. The lowest BCUT2D eigenvalue weighted by Crippen LogP contribution is -2.32. The standard InChI is InChI=1S/C16H24BrNO/c1-12-6-5-7-13(8-12)9-15(19)18-11-14(17)10-16(2,3)4/h5-8,14H,9-11H2,1-4H3,(H,18,19). The van der Waals surface area contributed by atoms with E-state index in [4.69, 9.17) is 0 Å². The van der Waals surface area contributed by atoms with Crippen molar-refractivity contribution in [3.05, 3.63) is 35.4 Å². The number of hydrogen-bond acceptors (Lipinski definition) is 1. The molecule has 0 spiro atoms. The highest BCUT2D eigenvalue weighted by Gasteiger charge is 2.17. The van der Waals surface area contributed by atoms with Gasteiger partial charge in [-0.1, -0.05) is 66.5 Å². The molecular weight excluding hydrogens is 302 g/mol. The topological polar surface area (TPSA) is 29.1 Å². The second-order valence-corrected chi connectivity index (χ2v) is 7.63. The van der Waals surface area contributed by atoms with E-state index in [0.29, 0.717) is 17.8 Å². The number of benzene rings is 1. The molecule has 0 aromatic heterocycles. The average molecular weight is 326 g/mol. The van der Waals surface area contributed by atoms with Gasteiger partial charge in [-0.15, -0.1) is 0 Å².